The fourth-order valence-corrected chi connectivity index (χ4v) is 6.63. The Kier molecular flexibility index (Phi) is 4.36. The summed E-state index contributed by atoms with van der Waals surface area (Å²) in [5.74, 6) is 0.707. The van der Waals surface area contributed by atoms with E-state index in [-0.39, 0.29) is 0 Å². The van der Waals surface area contributed by atoms with Crippen molar-refractivity contribution in [3.63, 3.8) is 0 Å². The first-order valence-electron chi connectivity index (χ1n) is 7.80. The molecule has 136 valence electrons. The SMILES string of the molecule is COc1ccc(Cl)c2sc(Nc3nc4ccc5nc(SC)sc5c4s3)nc12. The molecule has 0 unspecified atom stereocenters. The second-order valence-corrected chi connectivity index (χ2v) is 9.99. The molecule has 0 spiro atoms. The number of benzene rings is 2. The highest BCUT2D eigenvalue weighted by Gasteiger charge is 2.15. The summed E-state index contributed by atoms with van der Waals surface area (Å²) in [6.07, 6.45) is 2.04. The summed E-state index contributed by atoms with van der Waals surface area (Å²) in [6.45, 7) is 0. The van der Waals surface area contributed by atoms with Gasteiger partial charge in [0.1, 0.15) is 11.3 Å². The van der Waals surface area contributed by atoms with Gasteiger partial charge >= 0.3 is 0 Å². The molecule has 0 saturated heterocycles. The Morgan fingerprint density at radius 2 is 1.63 bits per heavy atom. The maximum atomic E-state index is 6.31. The van der Waals surface area contributed by atoms with Gasteiger partial charge in [0.2, 0.25) is 0 Å². The second-order valence-electron chi connectivity index (χ2n) is 5.54. The van der Waals surface area contributed by atoms with Crippen LogP contribution in [-0.2, 0) is 0 Å². The zero-order chi connectivity index (χ0) is 18.5. The van der Waals surface area contributed by atoms with Gasteiger partial charge < -0.3 is 10.1 Å². The summed E-state index contributed by atoms with van der Waals surface area (Å²) in [5, 5.41) is 5.52. The number of hydrogen-bond acceptors (Lipinski definition) is 9. The molecule has 3 aromatic heterocycles. The van der Waals surface area contributed by atoms with E-state index in [1.54, 1.807) is 41.5 Å². The molecule has 3 heterocycles. The minimum Gasteiger partial charge on any atom is -0.494 e. The molecule has 0 amide bonds. The van der Waals surface area contributed by atoms with Crippen LogP contribution in [0.5, 0.6) is 5.75 Å². The molecular formula is C17H11ClN4OS4. The maximum Gasteiger partial charge on any atom is 0.190 e. The number of halogens is 1. The monoisotopic (exact) mass is 450 g/mol. The number of ether oxygens (including phenoxy) is 1. The third kappa shape index (κ3) is 2.94. The average molecular weight is 451 g/mol. The average Bonchev–Trinajstić information content (AvgIpc) is 3.37. The number of methoxy groups -OCH3 is 1. The number of thiazole rings is 3. The number of aromatic nitrogens is 3. The van der Waals surface area contributed by atoms with E-state index in [0.717, 1.165) is 40.6 Å². The van der Waals surface area contributed by atoms with Crippen molar-refractivity contribution in [2.45, 2.75) is 4.34 Å². The molecule has 0 aliphatic heterocycles. The fraction of sp³-hybridized carbons (Fsp3) is 0.118. The quantitative estimate of drug-likeness (QED) is 0.309. The molecule has 0 atom stereocenters. The number of hydrogen-bond donors (Lipinski definition) is 1. The Hall–Kier alpha value is -1.65. The molecule has 0 fully saturated rings. The molecule has 0 aliphatic rings. The summed E-state index contributed by atoms with van der Waals surface area (Å²) in [4.78, 5) is 14.0. The minimum atomic E-state index is 0.664. The van der Waals surface area contributed by atoms with Gasteiger partial charge in [-0.15, -0.1) is 11.3 Å². The van der Waals surface area contributed by atoms with Crippen molar-refractivity contribution in [2.75, 3.05) is 18.7 Å². The number of rotatable bonds is 4. The van der Waals surface area contributed by atoms with E-state index in [9.17, 15) is 0 Å². The van der Waals surface area contributed by atoms with Crippen LogP contribution in [0.3, 0.4) is 0 Å². The molecule has 0 aliphatic carbocycles. The Labute approximate surface area is 175 Å². The number of nitrogens with one attached hydrogen (secondary N) is 1. The first-order valence-corrected chi connectivity index (χ1v) is 11.9. The lowest BCUT2D eigenvalue weighted by molar-refractivity contribution is 0.419. The van der Waals surface area contributed by atoms with Crippen LogP contribution in [0.25, 0.3) is 30.6 Å². The molecule has 27 heavy (non-hydrogen) atoms. The second kappa shape index (κ2) is 6.75. The fourth-order valence-electron chi connectivity index (χ4n) is 2.76. The lowest BCUT2D eigenvalue weighted by Gasteiger charge is -2.00. The molecule has 0 saturated carbocycles. The zero-order valence-corrected chi connectivity index (χ0v) is 18.1. The molecule has 0 radical (unpaired) electrons. The number of anilines is 2. The third-order valence-electron chi connectivity index (χ3n) is 3.96. The highest BCUT2D eigenvalue weighted by molar-refractivity contribution is 8.00. The largest absolute Gasteiger partial charge is 0.494 e. The predicted molar refractivity (Wildman–Crippen MR) is 119 cm³/mol. The Bertz CT molecular complexity index is 1310. The van der Waals surface area contributed by atoms with Gasteiger partial charge in [0.25, 0.3) is 0 Å². The number of fused-ring (bicyclic) bond motifs is 4. The molecule has 0 bridgehead atoms. The molecule has 10 heteroatoms. The van der Waals surface area contributed by atoms with Crippen LogP contribution in [-0.4, -0.2) is 28.3 Å². The molecule has 1 N–H and O–H groups in total. The van der Waals surface area contributed by atoms with Gasteiger partial charge in [0.15, 0.2) is 14.6 Å². The van der Waals surface area contributed by atoms with Crippen LogP contribution in [0, 0.1) is 0 Å². The van der Waals surface area contributed by atoms with Crippen molar-refractivity contribution in [1.82, 2.24) is 15.0 Å². The van der Waals surface area contributed by atoms with Crippen LogP contribution >= 0.6 is 57.4 Å². The van der Waals surface area contributed by atoms with Crippen LogP contribution in [0.15, 0.2) is 28.6 Å². The van der Waals surface area contributed by atoms with E-state index in [2.05, 4.69) is 15.3 Å². The van der Waals surface area contributed by atoms with Gasteiger partial charge in [-0.3, -0.25) is 0 Å². The van der Waals surface area contributed by atoms with Crippen molar-refractivity contribution in [2.24, 2.45) is 0 Å². The Morgan fingerprint density at radius 3 is 2.41 bits per heavy atom. The van der Waals surface area contributed by atoms with Crippen molar-refractivity contribution in [1.29, 1.82) is 0 Å². The van der Waals surface area contributed by atoms with Crippen LogP contribution in [0.1, 0.15) is 0 Å². The Balaban J connectivity index is 1.58. The maximum absolute atomic E-state index is 6.31. The number of nitrogens with zero attached hydrogens (tertiary/aromatic N) is 3. The molecule has 5 aromatic rings. The van der Waals surface area contributed by atoms with E-state index in [1.807, 2.05) is 30.5 Å². The number of thioether (sulfide) groups is 1. The standard InChI is InChI=1S/C17H11ClN4OS4/c1-23-10-6-3-7(18)12-11(10)21-16(25-12)22-15-19-8-4-5-9-14(13(8)26-15)27-17(20-9)24-2/h3-6H,1-2H3,(H,19,21,22). The summed E-state index contributed by atoms with van der Waals surface area (Å²) in [5.41, 5.74) is 2.74. The van der Waals surface area contributed by atoms with Crippen molar-refractivity contribution in [3.8, 4) is 5.75 Å². The van der Waals surface area contributed by atoms with E-state index in [4.69, 9.17) is 21.3 Å². The summed E-state index contributed by atoms with van der Waals surface area (Å²) >= 11 is 12.8. The smallest absolute Gasteiger partial charge is 0.190 e. The molecule has 5 rings (SSSR count). The van der Waals surface area contributed by atoms with E-state index >= 15 is 0 Å². The normalized spacial score (nSPS) is 11.7. The molecule has 5 nitrogen and oxygen atoms in total. The third-order valence-corrected chi connectivity index (χ3v) is 8.60. The van der Waals surface area contributed by atoms with Crippen LogP contribution in [0.2, 0.25) is 5.02 Å². The van der Waals surface area contributed by atoms with Gasteiger partial charge in [-0.1, -0.05) is 46.0 Å². The van der Waals surface area contributed by atoms with Crippen molar-refractivity contribution in [3.05, 3.63) is 29.3 Å². The van der Waals surface area contributed by atoms with Crippen molar-refractivity contribution < 1.29 is 4.74 Å². The predicted octanol–water partition coefficient (Wildman–Crippen LogP) is 6.64. The van der Waals surface area contributed by atoms with Crippen LogP contribution < -0.4 is 10.1 Å². The highest BCUT2D eigenvalue weighted by atomic mass is 35.5. The first-order chi connectivity index (χ1) is 13.2. The van der Waals surface area contributed by atoms with Crippen LogP contribution in [0.4, 0.5) is 10.3 Å². The topological polar surface area (TPSA) is 59.9 Å². The van der Waals surface area contributed by atoms with Gasteiger partial charge in [0, 0.05) is 0 Å². The van der Waals surface area contributed by atoms with Gasteiger partial charge in [-0.05, 0) is 30.5 Å². The lowest BCUT2D eigenvalue weighted by Crippen LogP contribution is -1.88. The summed E-state index contributed by atoms with van der Waals surface area (Å²) in [6, 6.07) is 7.70. The first kappa shape index (κ1) is 17.4. The van der Waals surface area contributed by atoms with E-state index in [0.29, 0.717) is 10.8 Å². The summed E-state index contributed by atoms with van der Waals surface area (Å²) in [7, 11) is 1.63. The highest BCUT2D eigenvalue weighted by Crippen LogP contribution is 2.41. The van der Waals surface area contributed by atoms with Gasteiger partial charge in [-0.25, -0.2) is 15.0 Å². The van der Waals surface area contributed by atoms with Gasteiger partial charge in [0.05, 0.1) is 37.3 Å². The summed E-state index contributed by atoms with van der Waals surface area (Å²) < 4.78 is 9.67. The van der Waals surface area contributed by atoms with Crippen molar-refractivity contribution >= 4 is 98.3 Å². The van der Waals surface area contributed by atoms with E-state index < -0.39 is 0 Å². The zero-order valence-electron chi connectivity index (χ0n) is 14.1. The molecule has 2 aromatic carbocycles. The Morgan fingerprint density at radius 1 is 0.926 bits per heavy atom. The van der Waals surface area contributed by atoms with Gasteiger partial charge in [-0.2, -0.15) is 0 Å². The lowest BCUT2D eigenvalue weighted by atomic mass is 10.3. The molecular weight excluding hydrogens is 440 g/mol. The van der Waals surface area contributed by atoms with E-state index in [1.165, 1.54) is 16.0 Å². The minimum absolute atomic E-state index is 0.664.